The molecule has 0 spiro atoms. The van der Waals surface area contributed by atoms with Crippen LogP contribution in [0, 0.1) is 0 Å². The van der Waals surface area contributed by atoms with Crippen molar-refractivity contribution in [2.45, 2.75) is 25.7 Å². The number of anilines is 1. The third-order valence-corrected chi connectivity index (χ3v) is 5.70. The van der Waals surface area contributed by atoms with Crippen molar-refractivity contribution < 1.29 is 9.84 Å². The molecule has 138 valence electrons. The third kappa shape index (κ3) is 3.53. The summed E-state index contributed by atoms with van der Waals surface area (Å²) in [5.41, 5.74) is 8.26. The molecule has 1 heterocycles. The minimum absolute atomic E-state index is 0.176. The van der Waals surface area contributed by atoms with Gasteiger partial charge in [0.05, 0.1) is 12.8 Å². The number of benzene rings is 2. The highest BCUT2D eigenvalue weighted by Crippen LogP contribution is 2.35. The maximum absolute atomic E-state index is 10.1. The van der Waals surface area contributed by atoms with E-state index in [0.717, 1.165) is 18.6 Å². The molecule has 4 rings (SSSR count). The number of phenolic OH excluding ortho intramolecular Hbond substituents is 1. The Bertz CT molecular complexity index is 997. The zero-order valence-electron chi connectivity index (χ0n) is 15.3. The summed E-state index contributed by atoms with van der Waals surface area (Å²) in [5.74, 6) is 1.21. The molecule has 1 unspecified atom stereocenters. The van der Waals surface area contributed by atoms with Gasteiger partial charge in [0.1, 0.15) is 11.5 Å². The number of methoxy groups -OCH3 is 1. The van der Waals surface area contributed by atoms with E-state index in [1.54, 1.807) is 25.3 Å². The first-order valence-electron chi connectivity index (χ1n) is 8.86. The summed E-state index contributed by atoms with van der Waals surface area (Å²) in [6.07, 6.45) is 2.20. The molecule has 27 heavy (non-hydrogen) atoms. The van der Waals surface area contributed by atoms with Gasteiger partial charge < -0.3 is 9.84 Å². The quantitative estimate of drug-likeness (QED) is 0.481. The standard InChI is InChI=1S/C21H21N3O2S/c1-13(16-9-7-14-5-3-4-6-17(14)16)23-24-21-22-19(12-27-21)18-11-15(26-2)8-10-20(18)25/h3-6,8,10-12,16,25H,7,9H2,1-2H3,(H,22,24)/b23-13-. The van der Waals surface area contributed by atoms with Crippen LogP contribution in [0.5, 0.6) is 11.5 Å². The Morgan fingerprint density at radius 3 is 3.00 bits per heavy atom. The molecule has 1 aliphatic rings. The highest BCUT2D eigenvalue weighted by molar-refractivity contribution is 7.14. The first-order chi connectivity index (χ1) is 13.2. The van der Waals surface area contributed by atoms with Crippen LogP contribution in [0.25, 0.3) is 11.3 Å². The van der Waals surface area contributed by atoms with Gasteiger partial charge in [0.2, 0.25) is 5.13 Å². The average molecular weight is 379 g/mol. The lowest BCUT2D eigenvalue weighted by atomic mass is 9.97. The molecule has 6 heteroatoms. The van der Waals surface area contributed by atoms with Crippen LogP contribution in [0.4, 0.5) is 5.13 Å². The van der Waals surface area contributed by atoms with Crippen LogP contribution in [-0.2, 0) is 6.42 Å². The minimum Gasteiger partial charge on any atom is -0.507 e. The van der Waals surface area contributed by atoms with Gasteiger partial charge in [0.15, 0.2) is 0 Å². The summed E-state index contributed by atoms with van der Waals surface area (Å²) in [5, 5.41) is 17.3. The van der Waals surface area contributed by atoms with E-state index in [1.165, 1.54) is 22.5 Å². The first kappa shape index (κ1) is 17.5. The number of ether oxygens (including phenoxy) is 1. The Morgan fingerprint density at radius 1 is 1.30 bits per heavy atom. The molecule has 0 aliphatic heterocycles. The lowest BCUT2D eigenvalue weighted by Crippen LogP contribution is -2.08. The van der Waals surface area contributed by atoms with E-state index >= 15 is 0 Å². The molecule has 0 amide bonds. The van der Waals surface area contributed by atoms with Crippen LogP contribution in [0.1, 0.15) is 30.4 Å². The maximum atomic E-state index is 10.1. The van der Waals surface area contributed by atoms with Gasteiger partial charge in [0, 0.05) is 22.6 Å². The van der Waals surface area contributed by atoms with Crippen LogP contribution >= 0.6 is 11.3 Å². The Morgan fingerprint density at radius 2 is 2.15 bits per heavy atom. The lowest BCUT2D eigenvalue weighted by molar-refractivity contribution is 0.412. The van der Waals surface area contributed by atoms with Crippen molar-refractivity contribution in [3.8, 4) is 22.8 Å². The normalized spacial score (nSPS) is 16.2. The molecule has 2 aromatic carbocycles. The second-order valence-corrected chi connectivity index (χ2v) is 7.43. The van der Waals surface area contributed by atoms with Gasteiger partial charge in [-0.2, -0.15) is 5.10 Å². The maximum Gasteiger partial charge on any atom is 0.203 e. The van der Waals surface area contributed by atoms with Gasteiger partial charge >= 0.3 is 0 Å². The number of aromatic nitrogens is 1. The number of hydrogen-bond acceptors (Lipinski definition) is 6. The number of fused-ring (bicyclic) bond motifs is 1. The number of phenols is 1. The fraction of sp³-hybridized carbons (Fsp3) is 0.238. The SMILES string of the molecule is COc1ccc(O)c(-c2csc(N/N=C(/C)C3CCc4ccccc43)n2)c1. The number of thiazole rings is 1. The van der Waals surface area contributed by atoms with E-state index in [4.69, 9.17) is 4.74 Å². The van der Waals surface area contributed by atoms with E-state index in [0.29, 0.717) is 28.1 Å². The van der Waals surface area contributed by atoms with Crippen molar-refractivity contribution >= 4 is 22.2 Å². The van der Waals surface area contributed by atoms with Crippen molar-refractivity contribution in [2.24, 2.45) is 5.10 Å². The number of hydrogen-bond donors (Lipinski definition) is 2. The Balaban J connectivity index is 1.51. The lowest BCUT2D eigenvalue weighted by Gasteiger charge is -2.11. The number of hydrazone groups is 1. The Labute approximate surface area is 162 Å². The number of nitrogens with zero attached hydrogens (tertiary/aromatic N) is 2. The van der Waals surface area contributed by atoms with Crippen LogP contribution in [0.15, 0.2) is 52.9 Å². The van der Waals surface area contributed by atoms with Gasteiger partial charge in [-0.25, -0.2) is 4.98 Å². The van der Waals surface area contributed by atoms with Crippen molar-refractivity contribution in [2.75, 3.05) is 12.5 Å². The van der Waals surface area contributed by atoms with E-state index in [2.05, 4.69) is 46.7 Å². The molecule has 1 aliphatic carbocycles. The molecule has 5 nitrogen and oxygen atoms in total. The third-order valence-electron chi connectivity index (χ3n) is 4.95. The summed E-state index contributed by atoms with van der Waals surface area (Å²) in [7, 11) is 1.60. The first-order valence-corrected chi connectivity index (χ1v) is 9.74. The van der Waals surface area contributed by atoms with E-state index in [9.17, 15) is 5.11 Å². The van der Waals surface area contributed by atoms with E-state index in [-0.39, 0.29) is 5.75 Å². The Hall–Kier alpha value is -2.86. The fourth-order valence-corrected chi connectivity index (χ4v) is 4.15. The predicted molar refractivity (Wildman–Crippen MR) is 110 cm³/mol. The number of nitrogens with one attached hydrogen (secondary N) is 1. The molecule has 0 bridgehead atoms. The number of aromatic hydroxyl groups is 1. The molecule has 1 atom stereocenters. The summed E-state index contributed by atoms with van der Waals surface area (Å²) >= 11 is 1.46. The highest BCUT2D eigenvalue weighted by Gasteiger charge is 2.24. The summed E-state index contributed by atoms with van der Waals surface area (Å²) in [6.45, 7) is 2.06. The fourth-order valence-electron chi connectivity index (χ4n) is 3.50. The van der Waals surface area contributed by atoms with Crippen LogP contribution < -0.4 is 10.2 Å². The molecule has 0 saturated heterocycles. The molecule has 1 aromatic heterocycles. The summed E-state index contributed by atoms with van der Waals surface area (Å²) in [6, 6.07) is 13.7. The van der Waals surface area contributed by atoms with E-state index in [1.807, 2.05) is 5.38 Å². The second kappa shape index (κ2) is 7.40. The van der Waals surface area contributed by atoms with Crippen molar-refractivity contribution in [3.63, 3.8) is 0 Å². The largest absolute Gasteiger partial charge is 0.507 e. The van der Waals surface area contributed by atoms with Crippen LogP contribution in [-0.4, -0.2) is 22.9 Å². The van der Waals surface area contributed by atoms with Gasteiger partial charge in [-0.15, -0.1) is 11.3 Å². The molecular weight excluding hydrogens is 358 g/mol. The molecule has 0 saturated carbocycles. The number of aryl methyl sites for hydroxylation is 1. The molecular formula is C21H21N3O2S. The second-order valence-electron chi connectivity index (χ2n) is 6.58. The van der Waals surface area contributed by atoms with E-state index < -0.39 is 0 Å². The van der Waals surface area contributed by atoms with Crippen LogP contribution in [0.2, 0.25) is 0 Å². The van der Waals surface area contributed by atoms with Gasteiger partial charge in [-0.05, 0) is 49.1 Å². The van der Waals surface area contributed by atoms with Gasteiger partial charge in [0.25, 0.3) is 0 Å². The zero-order valence-corrected chi connectivity index (χ0v) is 16.1. The topological polar surface area (TPSA) is 66.7 Å². The van der Waals surface area contributed by atoms with Crippen molar-refractivity contribution in [1.82, 2.24) is 4.98 Å². The Kier molecular flexibility index (Phi) is 4.81. The smallest absolute Gasteiger partial charge is 0.203 e. The zero-order chi connectivity index (χ0) is 18.8. The predicted octanol–water partition coefficient (Wildman–Crippen LogP) is 5.04. The molecule has 0 fully saturated rings. The van der Waals surface area contributed by atoms with Crippen molar-refractivity contribution in [3.05, 3.63) is 59.0 Å². The number of rotatable bonds is 5. The summed E-state index contributed by atoms with van der Waals surface area (Å²) in [4.78, 5) is 4.54. The summed E-state index contributed by atoms with van der Waals surface area (Å²) < 4.78 is 5.23. The minimum atomic E-state index is 0.176. The monoisotopic (exact) mass is 379 g/mol. The highest BCUT2D eigenvalue weighted by atomic mass is 32.1. The van der Waals surface area contributed by atoms with Gasteiger partial charge in [-0.3, -0.25) is 5.43 Å². The van der Waals surface area contributed by atoms with Crippen LogP contribution in [0.3, 0.4) is 0 Å². The van der Waals surface area contributed by atoms with Crippen molar-refractivity contribution in [1.29, 1.82) is 0 Å². The average Bonchev–Trinajstić information content (AvgIpc) is 3.33. The molecule has 2 N–H and O–H groups in total. The molecule has 0 radical (unpaired) electrons. The molecule has 3 aromatic rings. The van der Waals surface area contributed by atoms with Gasteiger partial charge in [-0.1, -0.05) is 24.3 Å².